The summed E-state index contributed by atoms with van der Waals surface area (Å²) in [4.78, 5) is 4.24. The van der Waals surface area contributed by atoms with E-state index in [0.29, 0.717) is 6.04 Å². The maximum absolute atomic E-state index is 4.24. The Labute approximate surface area is 92.4 Å². The highest BCUT2D eigenvalue weighted by atomic mass is 14.9. The largest absolute Gasteiger partial charge is 0.314 e. The molecule has 82 valence electrons. The van der Waals surface area contributed by atoms with Crippen LogP contribution in [0.15, 0.2) is 24.4 Å². The molecule has 0 unspecified atom stereocenters. The predicted molar refractivity (Wildman–Crippen MR) is 65.8 cm³/mol. The molecule has 1 aromatic heterocycles. The number of pyridine rings is 1. The van der Waals surface area contributed by atoms with Crippen LogP contribution in [0.3, 0.4) is 0 Å². The molecule has 0 bridgehead atoms. The lowest BCUT2D eigenvalue weighted by Crippen LogP contribution is -2.23. The fourth-order valence-corrected chi connectivity index (χ4v) is 1.25. The molecule has 0 saturated heterocycles. The van der Waals surface area contributed by atoms with E-state index in [2.05, 4.69) is 42.4 Å². The molecule has 0 radical (unpaired) electrons. The molecule has 2 heteroatoms. The Hall–Kier alpha value is -1.15. The van der Waals surface area contributed by atoms with Gasteiger partial charge in [-0.25, -0.2) is 0 Å². The number of aromatic nitrogens is 1. The predicted octanol–water partition coefficient (Wildman–Crippen LogP) is 2.79. The van der Waals surface area contributed by atoms with Gasteiger partial charge >= 0.3 is 0 Å². The third-order valence-electron chi connectivity index (χ3n) is 2.11. The van der Waals surface area contributed by atoms with Gasteiger partial charge in [-0.3, -0.25) is 4.98 Å². The van der Waals surface area contributed by atoms with E-state index in [1.807, 2.05) is 19.2 Å². The Morgan fingerprint density at radius 2 is 2.20 bits per heavy atom. The number of aryl methyl sites for hydroxylation is 1. The average molecular weight is 204 g/mol. The summed E-state index contributed by atoms with van der Waals surface area (Å²) < 4.78 is 0. The van der Waals surface area contributed by atoms with Gasteiger partial charge in [0.2, 0.25) is 0 Å². The first-order chi connectivity index (χ1) is 7.18. The summed E-state index contributed by atoms with van der Waals surface area (Å²) >= 11 is 0. The molecule has 0 saturated carbocycles. The SMILES string of the molecule is Cc1ccc(C=CCCNC(C)C)cn1. The van der Waals surface area contributed by atoms with Gasteiger partial charge in [-0.1, -0.05) is 32.1 Å². The first-order valence-electron chi connectivity index (χ1n) is 5.51. The van der Waals surface area contributed by atoms with Crippen molar-refractivity contribution in [2.24, 2.45) is 0 Å². The average Bonchev–Trinajstić information content (AvgIpc) is 2.20. The standard InChI is InChI=1S/C13H20N2/c1-11(2)14-9-5-4-6-13-8-7-12(3)15-10-13/h4,6-8,10-11,14H,5,9H2,1-3H3. The molecule has 0 amide bonds. The zero-order valence-corrected chi connectivity index (χ0v) is 9.83. The summed E-state index contributed by atoms with van der Waals surface area (Å²) in [5, 5.41) is 3.37. The van der Waals surface area contributed by atoms with Crippen LogP contribution in [0.25, 0.3) is 6.08 Å². The Balaban J connectivity index is 2.29. The summed E-state index contributed by atoms with van der Waals surface area (Å²) in [5.74, 6) is 0. The Morgan fingerprint density at radius 3 is 2.80 bits per heavy atom. The van der Waals surface area contributed by atoms with Gasteiger partial charge in [-0.05, 0) is 31.5 Å². The van der Waals surface area contributed by atoms with Crippen LogP contribution in [0.1, 0.15) is 31.5 Å². The molecular weight excluding hydrogens is 184 g/mol. The van der Waals surface area contributed by atoms with Gasteiger partial charge in [0.1, 0.15) is 0 Å². The van der Waals surface area contributed by atoms with E-state index >= 15 is 0 Å². The number of hydrogen-bond acceptors (Lipinski definition) is 2. The van der Waals surface area contributed by atoms with Crippen molar-refractivity contribution in [3.8, 4) is 0 Å². The van der Waals surface area contributed by atoms with Gasteiger partial charge in [0.25, 0.3) is 0 Å². The Bertz CT molecular complexity index is 299. The van der Waals surface area contributed by atoms with E-state index < -0.39 is 0 Å². The van der Waals surface area contributed by atoms with Crippen LogP contribution in [0.4, 0.5) is 0 Å². The lowest BCUT2D eigenvalue weighted by atomic mass is 10.2. The van der Waals surface area contributed by atoms with Crippen molar-refractivity contribution >= 4 is 6.08 Å². The molecule has 0 aliphatic rings. The second-order valence-corrected chi connectivity index (χ2v) is 4.03. The van der Waals surface area contributed by atoms with E-state index in [9.17, 15) is 0 Å². The molecule has 0 atom stereocenters. The van der Waals surface area contributed by atoms with Crippen molar-refractivity contribution < 1.29 is 0 Å². The minimum absolute atomic E-state index is 0.569. The van der Waals surface area contributed by atoms with Crippen LogP contribution < -0.4 is 5.32 Å². The van der Waals surface area contributed by atoms with E-state index in [1.165, 1.54) is 5.56 Å². The molecule has 0 spiro atoms. The van der Waals surface area contributed by atoms with Crippen LogP contribution in [0.5, 0.6) is 0 Å². The highest BCUT2D eigenvalue weighted by Crippen LogP contribution is 2.02. The van der Waals surface area contributed by atoms with Crippen molar-refractivity contribution in [3.63, 3.8) is 0 Å². The number of nitrogens with one attached hydrogen (secondary N) is 1. The van der Waals surface area contributed by atoms with Crippen LogP contribution in [0.2, 0.25) is 0 Å². The summed E-state index contributed by atoms with van der Waals surface area (Å²) in [5.41, 5.74) is 2.23. The molecule has 1 aromatic rings. The van der Waals surface area contributed by atoms with Gasteiger partial charge in [0.15, 0.2) is 0 Å². The molecule has 0 aromatic carbocycles. The lowest BCUT2D eigenvalue weighted by Gasteiger charge is -2.04. The monoisotopic (exact) mass is 204 g/mol. The number of hydrogen-bond donors (Lipinski definition) is 1. The third-order valence-corrected chi connectivity index (χ3v) is 2.11. The smallest absolute Gasteiger partial charge is 0.0373 e. The number of nitrogens with zero attached hydrogens (tertiary/aromatic N) is 1. The van der Waals surface area contributed by atoms with Crippen LogP contribution in [-0.4, -0.2) is 17.6 Å². The van der Waals surface area contributed by atoms with Gasteiger partial charge in [-0.2, -0.15) is 0 Å². The minimum Gasteiger partial charge on any atom is -0.314 e. The molecule has 1 N–H and O–H groups in total. The summed E-state index contributed by atoms with van der Waals surface area (Å²) in [6, 6.07) is 4.69. The zero-order valence-electron chi connectivity index (χ0n) is 9.83. The molecular formula is C13H20N2. The second-order valence-electron chi connectivity index (χ2n) is 4.03. The van der Waals surface area contributed by atoms with Crippen LogP contribution in [0, 0.1) is 6.92 Å². The van der Waals surface area contributed by atoms with Crippen LogP contribution >= 0.6 is 0 Å². The highest BCUT2D eigenvalue weighted by molar-refractivity contribution is 5.47. The van der Waals surface area contributed by atoms with Crippen molar-refractivity contribution in [3.05, 3.63) is 35.7 Å². The molecule has 0 aliphatic carbocycles. The lowest BCUT2D eigenvalue weighted by molar-refractivity contribution is 0.595. The minimum atomic E-state index is 0.569. The zero-order chi connectivity index (χ0) is 11.1. The molecule has 1 heterocycles. The van der Waals surface area contributed by atoms with Crippen molar-refractivity contribution in [2.75, 3.05) is 6.54 Å². The van der Waals surface area contributed by atoms with E-state index in [0.717, 1.165) is 18.7 Å². The quantitative estimate of drug-likeness (QED) is 0.746. The molecule has 0 aliphatic heterocycles. The second kappa shape index (κ2) is 6.36. The molecule has 15 heavy (non-hydrogen) atoms. The first kappa shape index (κ1) is 11.9. The fourth-order valence-electron chi connectivity index (χ4n) is 1.25. The summed E-state index contributed by atoms with van der Waals surface area (Å²) in [6.45, 7) is 7.36. The summed E-state index contributed by atoms with van der Waals surface area (Å²) in [7, 11) is 0. The van der Waals surface area contributed by atoms with Gasteiger partial charge in [0.05, 0.1) is 0 Å². The maximum Gasteiger partial charge on any atom is 0.0373 e. The molecule has 0 fully saturated rings. The molecule has 2 nitrogen and oxygen atoms in total. The summed E-state index contributed by atoms with van der Waals surface area (Å²) in [6.07, 6.45) is 7.27. The van der Waals surface area contributed by atoms with E-state index in [-0.39, 0.29) is 0 Å². The van der Waals surface area contributed by atoms with Crippen molar-refractivity contribution in [1.82, 2.24) is 10.3 Å². The van der Waals surface area contributed by atoms with Crippen LogP contribution in [-0.2, 0) is 0 Å². The third kappa shape index (κ3) is 5.33. The first-order valence-corrected chi connectivity index (χ1v) is 5.51. The van der Waals surface area contributed by atoms with Crippen molar-refractivity contribution in [1.29, 1.82) is 0 Å². The van der Waals surface area contributed by atoms with Crippen molar-refractivity contribution in [2.45, 2.75) is 33.2 Å². The highest BCUT2D eigenvalue weighted by Gasteiger charge is 1.89. The maximum atomic E-state index is 4.24. The van der Waals surface area contributed by atoms with E-state index in [4.69, 9.17) is 0 Å². The normalized spacial score (nSPS) is 11.5. The Morgan fingerprint density at radius 1 is 1.40 bits per heavy atom. The molecule has 1 rings (SSSR count). The Kier molecular flexibility index (Phi) is 5.05. The van der Waals surface area contributed by atoms with Gasteiger partial charge in [-0.15, -0.1) is 0 Å². The topological polar surface area (TPSA) is 24.9 Å². The van der Waals surface area contributed by atoms with Gasteiger partial charge < -0.3 is 5.32 Å². The number of rotatable bonds is 5. The van der Waals surface area contributed by atoms with E-state index in [1.54, 1.807) is 0 Å². The van der Waals surface area contributed by atoms with Gasteiger partial charge in [0, 0.05) is 17.9 Å². The fraction of sp³-hybridized carbons (Fsp3) is 0.462.